The highest BCUT2D eigenvalue weighted by atomic mass is 32.1. The topological polar surface area (TPSA) is 74.7 Å². The molecule has 0 atom stereocenters. The normalized spacial score (nSPS) is 20.8. The van der Waals surface area contributed by atoms with E-state index in [0.717, 1.165) is 34.6 Å². The summed E-state index contributed by atoms with van der Waals surface area (Å²) in [5, 5.41) is 9.80. The molecule has 0 unspecified atom stereocenters. The number of piperidine rings is 1. The monoisotopic (exact) mass is 307 g/mol. The van der Waals surface area contributed by atoms with Gasteiger partial charge in [-0.2, -0.15) is 0 Å². The van der Waals surface area contributed by atoms with Crippen molar-refractivity contribution >= 4 is 34.1 Å². The van der Waals surface area contributed by atoms with Crippen molar-refractivity contribution in [2.24, 2.45) is 5.41 Å². The number of anilines is 1. The van der Waals surface area contributed by atoms with Crippen LogP contribution in [-0.4, -0.2) is 22.9 Å². The zero-order valence-electron chi connectivity index (χ0n) is 12.1. The Bertz CT molecular complexity index is 639. The van der Waals surface area contributed by atoms with E-state index < -0.39 is 5.97 Å². The van der Waals surface area contributed by atoms with Crippen LogP contribution >= 0.6 is 11.3 Å². The van der Waals surface area contributed by atoms with E-state index in [1.54, 1.807) is 0 Å². The van der Waals surface area contributed by atoms with Gasteiger partial charge in [0.1, 0.15) is 5.00 Å². The lowest BCUT2D eigenvalue weighted by molar-refractivity contribution is -0.132. The Hall–Kier alpha value is -1.69. The second-order valence-electron chi connectivity index (χ2n) is 6.48. The van der Waals surface area contributed by atoms with Crippen LogP contribution in [0, 0.1) is 5.41 Å². The number of fused-ring (bicyclic) bond motifs is 1. The second kappa shape index (κ2) is 4.66. The summed E-state index contributed by atoms with van der Waals surface area (Å²) in [6.45, 7) is 3.76. The number of rotatable bonds is 2. The average Bonchev–Trinajstić information content (AvgIpc) is 2.84. The molecule has 5 nitrogen and oxygen atoms in total. The quantitative estimate of drug-likeness (QED) is 0.852. The van der Waals surface area contributed by atoms with Gasteiger partial charge in [0.2, 0.25) is 11.8 Å². The fourth-order valence-electron chi connectivity index (χ4n) is 3.17. The molecule has 1 aliphatic carbocycles. The van der Waals surface area contributed by atoms with Crippen LogP contribution in [0.1, 0.15) is 53.9 Å². The zero-order chi connectivity index (χ0) is 15.4. The predicted octanol–water partition coefficient (Wildman–Crippen LogP) is 2.61. The highest BCUT2D eigenvalue weighted by molar-refractivity contribution is 7.17. The number of thiophene rings is 1. The van der Waals surface area contributed by atoms with E-state index in [1.807, 2.05) is 13.8 Å². The molecule has 6 heteroatoms. The maximum atomic E-state index is 12.3. The van der Waals surface area contributed by atoms with E-state index in [9.17, 15) is 19.5 Å². The first-order valence-corrected chi connectivity index (χ1v) is 7.85. The van der Waals surface area contributed by atoms with Crippen LogP contribution in [0.5, 0.6) is 0 Å². The Labute approximate surface area is 126 Å². The number of carbonyl (C=O) groups is 3. The fraction of sp³-hybridized carbons (Fsp3) is 0.533. The molecule has 0 aromatic carbocycles. The van der Waals surface area contributed by atoms with Gasteiger partial charge >= 0.3 is 5.97 Å². The minimum Gasteiger partial charge on any atom is -0.478 e. The average molecular weight is 307 g/mol. The Morgan fingerprint density at radius 2 is 1.81 bits per heavy atom. The van der Waals surface area contributed by atoms with E-state index in [2.05, 4.69) is 0 Å². The third-order valence-electron chi connectivity index (χ3n) is 4.08. The third-order valence-corrected chi connectivity index (χ3v) is 5.36. The minimum absolute atomic E-state index is 0.161. The van der Waals surface area contributed by atoms with Crippen molar-refractivity contribution < 1.29 is 19.5 Å². The molecule has 3 rings (SSSR count). The Kier molecular flexibility index (Phi) is 3.16. The summed E-state index contributed by atoms with van der Waals surface area (Å²) in [4.78, 5) is 38.4. The maximum absolute atomic E-state index is 12.3. The van der Waals surface area contributed by atoms with Crippen molar-refractivity contribution in [2.75, 3.05) is 4.90 Å². The lowest BCUT2D eigenvalue weighted by atomic mass is 9.82. The van der Waals surface area contributed by atoms with E-state index in [-0.39, 0.29) is 35.6 Å². The van der Waals surface area contributed by atoms with E-state index >= 15 is 0 Å². The molecule has 112 valence electrons. The van der Waals surface area contributed by atoms with Crippen molar-refractivity contribution in [1.29, 1.82) is 0 Å². The molecule has 1 saturated heterocycles. The van der Waals surface area contributed by atoms with Gasteiger partial charge < -0.3 is 5.11 Å². The Morgan fingerprint density at radius 1 is 1.19 bits per heavy atom. The number of nitrogens with zero attached hydrogens (tertiary/aromatic N) is 1. The zero-order valence-corrected chi connectivity index (χ0v) is 12.9. The SMILES string of the molecule is CC1(C)CC(=O)N(c2sc3c(c2C(=O)O)CCC3)C(=O)C1. The number of hydrogen-bond acceptors (Lipinski definition) is 4. The van der Waals surface area contributed by atoms with E-state index in [0.29, 0.717) is 5.00 Å². The molecule has 0 spiro atoms. The van der Waals surface area contributed by atoms with Gasteiger partial charge in [-0.3, -0.25) is 9.59 Å². The Morgan fingerprint density at radius 3 is 2.38 bits per heavy atom. The van der Waals surface area contributed by atoms with Crippen molar-refractivity contribution in [3.8, 4) is 0 Å². The summed E-state index contributed by atoms with van der Waals surface area (Å²) < 4.78 is 0. The van der Waals surface area contributed by atoms with Gasteiger partial charge in [-0.1, -0.05) is 13.8 Å². The van der Waals surface area contributed by atoms with Gasteiger partial charge in [0.05, 0.1) is 5.56 Å². The van der Waals surface area contributed by atoms with Crippen molar-refractivity contribution in [3.63, 3.8) is 0 Å². The molecule has 1 fully saturated rings. The van der Waals surface area contributed by atoms with Gasteiger partial charge in [-0.15, -0.1) is 11.3 Å². The van der Waals surface area contributed by atoms with Crippen LogP contribution in [0.25, 0.3) is 0 Å². The van der Waals surface area contributed by atoms with E-state index in [1.165, 1.54) is 11.3 Å². The number of aromatic carboxylic acids is 1. The van der Waals surface area contributed by atoms with Crippen molar-refractivity contribution in [2.45, 2.75) is 46.0 Å². The first kappa shape index (κ1) is 14.3. The van der Waals surface area contributed by atoms with Gasteiger partial charge in [-0.05, 0) is 30.2 Å². The lowest BCUT2D eigenvalue weighted by Crippen LogP contribution is -2.46. The van der Waals surface area contributed by atoms with Gasteiger partial charge in [-0.25, -0.2) is 9.69 Å². The molecule has 2 amide bonds. The fourth-order valence-corrected chi connectivity index (χ4v) is 4.59. The summed E-state index contributed by atoms with van der Waals surface area (Å²) in [6.07, 6.45) is 3.02. The van der Waals surface area contributed by atoms with Crippen LogP contribution in [-0.2, 0) is 22.4 Å². The standard InChI is InChI=1S/C15H17NO4S/c1-15(2)6-10(17)16(11(18)7-15)13-12(14(19)20)8-4-3-5-9(8)21-13/h3-7H2,1-2H3,(H,19,20). The van der Waals surface area contributed by atoms with Crippen LogP contribution < -0.4 is 4.90 Å². The predicted molar refractivity (Wildman–Crippen MR) is 78.8 cm³/mol. The summed E-state index contributed by atoms with van der Waals surface area (Å²) in [7, 11) is 0. The molecule has 2 aliphatic rings. The summed E-state index contributed by atoms with van der Waals surface area (Å²) in [5.41, 5.74) is 0.621. The molecule has 0 saturated carbocycles. The molecule has 1 aliphatic heterocycles. The molecular weight excluding hydrogens is 290 g/mol. The van der Waals surface area contributed by atoms with Gasteiger partial charge in [0.15, 0.2) is 0 Å². The lowest BCUT2D eigenvalue weighted by Gasteiger charge is -2.34. The van der Waals surface area contributed by atoms with Crippen LogP contribution in [0.3, 0.4) is 0 Å². The molecule has 1 N–H and O–H groups in total. The third kappa shape index (κ3) is 2.27. The molecule has 2 heterocycles. The van der Waals surface area contributed by atoms with Crippen molar-refractivity contribution in [1.82, 2.24) is 0 Å². The van der Waals surface area contributed by atoms with E-state index in [4.69, 9.17) is 0 Å². The molecule has 1 aromatic rings. The number of imide groups is 1. The Balaban J connectivity index is 2.07. The van der Waals surface area contributed by atoms with Gasteiger partial charge in [0.25, 0.3) is 0 Å². The first-order valence-electron chi connectivity index (χ1n) is 7.04. The number of amides is 2. The summed E-state index contributed by atoms with van der Waals surface area (Å²) in [5.74, 6) is -1.63. The number of carboxylic acid groups (broad SMARTS) is 1. The highest BCUT2D eigenvalue weighted by Gasteiger charge is 2.41. The molecule has 0 radical (unpaired) electrons. The summed E-state index contributed by atoms with van der Waals surface area (Å²) >= 11 is 1.29. The smallest absolute Gasteiger partial charge is 0.339 e. The van der Waals surface area contributed by atoms with Gasteiger partial charge in [0, 0.05) is 17.7 Å². The van der Waals surface area contributed by atoms with Crippen molar-refractivity contribution in [3.05, 3.63) is 16.0 Å². The largest absolute Gasteiger partial charge is 0.478 e. The maximum Gasteiger partial charge on any atom is 0.339 e. The highest BCUT2D eigenvalue weighted by Crippen LogP contribution is 2.44. The minimum atomic E-state index is -1.05. The number of carbonyl (C=O) groups excluding carboxylic acids is 2. The molecular formula is C15H17NO4S. The van der Waals surface area contributed by atoms with Crippen LogP contribution in [0.4, 0.5) is 5.00 Å². The number of aryl methyl sites for hydroxylation is 1. The van der Waals surface area contributed by atoms with Crippen LogP contribution in [0.2, 0.25) is 0 Å². The molecule has 1 aromatic heterocycles. The van der Waals surface area contributed by atoms with Crippen LogP contribution in [0.15, 0.2) is 0 Å². The second-order valence-corrected chi connectivity index (χ2v) is 7.57. The molecule has 0 bridgehead atoms. The number of hydrogen-bond donors (Lipinski definition) is 1. The number of carboxylic acids is 1. The molecule has 21 heavy (non-hydrogen) atoms. The summed E-state index contributed by atoms with van der Waals surface area (Å²) in [6, 6.07) is 0. The first-order chi connectivity index (χ1) is 9.80.